The highest BCUT2D eigenvalue weighted by Crippen LogP contribution is 2.21. The molecule has 1 amide bonds. The zero-order chi connectivity index (χ0) is 20.1. The molecule has 6 heteroatoms. The van der Waals surface area contributed by atoms with E-state index in [1.54, 1.807) is 18.2 Å². The van der Waals surface area contributed by atoms with Crippen LogP contribution in [0.2, 0.25) is 0 Å². The van der Waals surface area contributed by atoms with Crippen molar-refractivity contribution in [3.05, 3.63) is 58.9 Å². The van der Waals surface area contributed by atoms with Gasteiger partial charge in [-0.05, 0) is 49.1 Å². The lowest BCUT2D eigenvalue weighted by Crippen LogP contribution is -2.42. The molecule has 3 N–H and O–H groups in total. The van der Waals surface area contributed by atoms with Crippen LogP contribution in [0.3, 0.4) is 0 Å². The highest BCUT2D eigenvalue weighted by atomic mass is 19.1. The molecule has 2 aromatic carbocycles. The Morgan fingerprint density at radius 1 is 1.11 bits per heavy atom. The molecular weight excluding hydrogens is 349 g/mol. The molecular formula is C21H24FNO4. The zero-order valence-corrected chi connectivity index (χ0v) is 15.6. The summed E-state index contributed by atoms with van der Waals surface area (Å²) < 4.78 is 13.9. The monoisotopic (exact) mass is 373 g/mol. The number of aromatic hydroxyl groups is 2. The fourth-order valence-electron chi connectivity index (χ4n) is 2.80. The van der Waals surface area contributed by atoms with Crippen LogP contribution in [0.5, 0.6) is 11.5 Å². The third-order valence-corrected chi connectivity index (χ3v) is 4.20. The van der Waals surface area contributed by atoms with Crippen molar-refractivity contribution >= 4 is 11.7 Å². The van der Waals surface area contributed by atoms with Crippen molar-refractivity contribution in [2.45, 2.75) is 39.7 Å². The first-order valence-electron chi connectivity index (χ1n) is 8.78. The summed E-state index contributed by atoms with van der Waals surface area (Å²) in [5, 5.41) is 22.1. The molecule has 0 aliphatic carbocycles. The molecule has 0 radical (unpaired) electrons. The zero-order valence-electron chi connectivity index (χ0n) is 15.6. The predicted molar refractivity (Wildman–Crippen MR) is 100 cm³/mol. The predicted octanol–water partition coefficient (Wildman–Crippen LogP) is 3.50. The summed E-state index contributed by atoms with van der Waals surface area (Å²) in [5.41, 5.74) is 1.02. The summed E-state index contributed by atoms with van der Waals surface area (Å²) in [7, 11) is 0. The third kappa shape index (κ3) is 5.54. The van der Waals surface area contributed by atoms with Crippen LogP contribution in [0.1, 0.15) is 41.8 Å². The minimum Gasteiger partial charge on any atom is -0.508 e. The lowest BCUT2D eigenvalue weighted by Gasteiger charge is -2.20. The molecule has 0 fully saturated rings. The van der Waals surface area contributed by atoms with Crippen LogP contribution < -0.4 is 5.32 Å². The van der Waals surface area contributed by atoms with Crippen LogP contribution in [0.4, 0.5) is 4.39 Å². The van der Waals surface area contributed by atoms with Crippen LogP contribution in [-0.4, -0.2) is 27.9 Å². The van der Waals surface area contributed by atoms with E-state index in [1.165, 1.54) is 0 Å². The van der Waals surface area contributed by atoms with E-state index < -0.39 is 17.8 Å². The first-order chi connectivity index (χ1) is 12.7. The summed E-state index contributed by atoms with van der Waals surface area (Å²) in [6, 6.07) is 7.36. The number of rotatable bonds is 7. The summed E-state index contributed by atoms with van der Waals surface area (Å²) in [6.45, 7) is 5.65. The molecule has 1 atom stereocenters. The number of Topliss-reactive ketones (excluding diaryl/α,β-unsaturated/α-hetero) is 1. The van der Waals surface area contributed by atoms with E-state index in [0.717, 1.165) is 23.8 Å². The number of carbonyl (C=O) groups excluding carboxylic acids is 2. The molecule has 2 aromatic rings. The normalized spacial score (nSPS) is 12.0. The Morgan fingerprint density at radius 3 is 2.44 bits per heavy atom. The molecule has 144 valence electrons. The van der Waals surface area contributed by atoms with Crippen LogP contribution in [0.15, 0.2) is 36.4 Å². The maximum absolute atomic E-state index is 13.9. The molecule has 27 heavy (non-hydrogen) atoms. The lowest BCUT2D eigenvalue weighted by atomic mass is 9.95. The first-order valence-corrected chi connectivity index (χ1v) is 8.78. The van der Waals surface area contributed by atoms with Gasteiger partial charge in [0.1, 0.15) is 17.3 Å². The van der Waals surface area contributed by atoms with Gasteiger partial charge in [-0.15, -0.1) is 0 Å². The average molecular weight is 373 g/mol. The van der Waals surface area contributed by atoms with Crippen LogP contribution in [0.25, 0.3) is 0 Å². The van der Waals surface area contributed by atoms with E-state index in [9.17, 15) is 24.2 Å². The van der Waals surface area contributed by atoms with Crippen molar-refractivity contribution in [1.82, 2.24) is 5.32 Å². The summed E-state index contributed by atoms with van der Waals surface area (Å²) in [4.78, 5) is 25.1. The maximum Gasteiger partial charge on any atom is 0.254 e. The standard InChI is InChI=1S/C21H24FNO4/c1-12(2)8-18(20(26)10-14-5-4-13(3)9-19(14)25)23-21(27)16-11-15(24)6-7-17(16)22/h4-7,9,11-12,18,24-25H,8,10H2,1-3H3,(H,23,27)/t18-/m0/s1. The Hall–Kier alpha value is -2.89. The Kier molecular flexibility index (Phi) is 6.55. The van der Waals surface area contributed by atoms with Gasteiger partial charge in [-0.25, -0.2) is 4.39 Å². The van der Waals surface area contributed by atoms with E-state index in [0.29, 0.717) is 12.0 Å². The number of carbonyl (C=O) groups is 2. The highest BCUT2D eigenvalue weighted by molar-refractivity contribution is 5.98. The number of aryl methyl sites for hydroxylation is 1. The number of amides is 1. The Bertz CT molecular complexity index is 848. The average Bonchev–Trinajstić information content (AvgIpc) is 2.58. The topological polar surface area (TPSA) is 86.6 Å². The summed E-state index contributed by atoms with van der Waals surface area (Å²) in [5.74, 6) is -1.93. The maximum atomic E-state index is 13.9. The number of nitrogens with one attached hydrogen (secondary N) is 1. The van der Waals surface area contributed by atoms with E-state index in [-0.39, 0.29) is 35.2 Å². The largest absolute Gasteiger partial charge is 0.508 e. The number of phenols is 2. The molecule has 0 heterocycles. The number of halogens is 1. The Morgan fingerprint density at radius 2 is 1.81 bits per heavy atom. The molecule has 0 aliphatic heterocycles. The minimum absolute atomic E-state index is 0.0250. The van der Waals surface area contributed by atoms with Crippen molar-refractivity contribution in [2.24, 2.45) is 5.92 Å². The van der Waals surface area contributed by atoms with E-state index in [4.69, 9.17) is 0 Å². The number of hydrogen-bond donors (Lipinski definition) is 3. The molecule has 0 unspecified atom stereocenters. The van der Waals surface area contributed by atoms with Crippen LogP contribution in [0, 0.1) is 18.7 Å². The molecule has 0 saturated heterocycles. The molecule has 0 aliphatic rings. The molecule has 0 aromatic heterocycles. The van der Waals surface area contributed by atoms with Gasteiger partial charge in [-0.2, -0.15) is 0 Å². The number of hydrogen-bond acceptors (Lipinski definition) is 4. The van der Waals surface area contributed by atoms with Crippen molar-refractivity contribution in [3.8, 4) is 11.5 Å². The second-order valence-electron chi connectivity index (χ2n) is 7.10. The van der Waals surface area contributed by atoms with Gasteiger partial charge in [0.25, 0.3) is 5.91 Å². The van der Waals surface area contributed by atoms with Gasteiger partial charge in [0.05, 0.1) is 11.6 Å². The van der Waals surface area contributed by atoms with Crippen molar-refractivity contribution in [3.63, 3.8) is 0 Å². The van der Waals surface area contributed by atoms with Gasteiger partial charge in [0.15, 0.2) is 5.78 Å². The number of benzene rings is 2. The molecule has 0 spiro atoms. The smallest absolute Gasteiger partial charge is 0.254 e. The van der Waals surface area contributed by atoms with Gasteiger partial charge in [-0.1, -0.05) is 26.0 Å². The molecule has 2 rings (SSSR count). The van der Waals surface area contributed by atoms with Crippen molar-refractivity contribution in [1.29, 1.82) is 0 Å². The fraction of sp³-hybridized carbons (Fsp3) is 0.333. The third-order valence-electron chi connectivity index (χ3n) is 4.20. The van der Waals surface area contributed by atoms with E-state index in [2.05, 4.69) is 5.32 Å². The minimum atomic E-state index is -0.833. The van der Waals surface area contributed by atoms with Crippen molar-refractivity contribution < 1.29 is 24.2 Å². The fourth-order valence-corrected chi connectivity index (χ4v) is 2.80. The van der Waals surface area contributed by atoms with E-state index >= 15 is 0 Å². The molecule has 0 bridgehead atoms. The Labute approximate surface area is 157 Å². The lowest BCUT2D eigenvalue weighted by molar-refractivity contribution is -0.120. The van der Waals surface area contributed by atoms with Gasteiger partial charge < -0.3 is 15.5 Å². The number of ketones is 1. The first kappa shape index (κ1) is 20.4. The molecule has 0 saturated carbocycles. The van der Waals surface area contributed by atoms with Gasteiger partial charge in [0, 0.05) is 12.0 Å². The summed E-state index contributed by atoms with van der Waals surface area (Å²) >= 11 is 0. The van der Waals surface area contributed by atoms with Crippen molar-refractivity contribution in [2.75, 3.05) is 0 Å². The van der Waals surface area contributed by atoms with Crippen LogP contribution >= 0.6 is 0 Å². The van der Waals surface area contributed by atoms with Gasteiger partial charge >= 0.3 is 0 Å². The van der Waals surface area contributed by atoms with Gasteiger partial charge in [0.2, 0.25) is 0 Å². The Balaban J connectivity index is 2.19. The summed E-state index contributed by atoms with van der Waals surface area (Å²) in [6.07, 6.45) is 0.323. The van der Waals surface area contributed by atoms with E-state index in [1.807, 2.05) is 20.8 Å². The number of phenolic OH excluding ortho intramolecular Hbond substituents is 2. The van der Waals surface area contributed by atoms with Crippen LogP contribution in [-0.2, 0) is 11.2 Å². The second-order valence-corrected chi connectivity index (χ2v) is 7.10. The quantitative estimate of drug-likeness (QED) is 0.693. The SMILES string of the molecule is Cc1ccc(CC(=O)[C@H](CC(C)C)NC(=O)c2cc(O)ccc2F)c(O)c1. The molecule has 5 nitrogen and oxygen atoms in total. The van der Waals surface area contributed by atoms with Gasteiger partial charge in [-0.3, -0.25) is 9.59 Å². The second kappa shape index (κ2) is 8.66. The highest BCUT2D eigenvalue weighted by Gasteiger charge is 2.24.